The molecule has 4 heteroatoms. The van der Waals surface area contributed by atoms with Gasteiger partial charge in [0.25, 0.3) is 5.91 Å². The van der Waals surface area contributed by atoms with Crippen molar-refractivity contribution in [2.75, 3.05) is 18.2 Å². The largest absolute Gasteiger partial charge is 0.494 e. The van der Waals surface area contributed by atoms with E-state index in [0.717, 1.165) is 35.2 Å². The van der Waals surface area contributed by atoms with E-state index in [1.54, 1.807) is 0 Å². The van der Waals surface area contributed by atoms with Gasteiger partial charge in [0.1, 0.15) is 5.75 Å². The molecule has 1 aliphatic heterocycles. The van der Waals surface area contributed by atoms with E-state index in [2.05, 4.69) is 37.1 Å². The third-order valence-electron chi connectivity index (χ3n) is 5.04. The van der Waals surface area contributed by atoms with Crippen molar-refractivity contribution in [3.63, 3.8) is 0 Å². The summed E-state index contributed by atoms with van der Waals surface area (Å²) in [7, 11) is 0. The maximum atomic E-state index is 11.7. The molecule has 27 heavy (non-hydrogen) atoms. The van der Waals surface area contributed by atoms with E-state index in [9.17, 15) is 4.79 Å². The fourth-order valence-electron chi connectivity index (χ4n) is 3.47. The number of rotatable bonds is 10. The second-order valence-electron chi connectivity index (χ2n) is 7.26. The van der Waals surface area contributed by atoms with Crippen LogP contribution in [0.2, 0.25) is 0 Å². The molecule has 0 bridgehead atoms. The fraction of sp³-hybridized carbons (Fsp3) is 0.435. The molecule has 0 aliphatic carbocycles. The van der Waals surface area contributed by atoms with Crippen molar-refractivity contribution in [1.29, 1.82) is 0 Å². The van der Waals surface area contributed by atoms with Gasteiger partial charge in [-0.05, 0) is 36.1 Å². The normalized spacial score (nSPS) is 14.0. The Morgan fingerprint density at radius 3 is 2.59 bits per heavy atom. The van der Waals surface area contributed by atoms with Crippen LogP contribution in [0.1, 0.15) is 51.9 Å². The minimum absolute atomic E-state index is 0.110. The molecule has 0 spiro atoms. The molecule has 4 nitrogen and oxygen atoms in total. The molecule has 1 saturated heterocycles. The van der Waals surface area contributed by atoms with Crippen LogP contribution >= 0.6 is 0 Å². The molecule has 0 radical (unpaired) electrons. The minimum Gasteiger partial charge on any atom is -0.494 e. The summed E-state index contributed by atoms with van der Waals surface area (Å²) in [4.78, 5) is 11.7. The van der Waals surface area contributed by atoms with Crippen LogP contribution in [0.3, 0.4) is 0 Å². The third-order valence-corrected chi connectivity index (χ3v) is 5.04. The Hall–Kier alpha value is -2.49. The van der Waals surface area contributed by atoms with E-state index >= 15 is 0 Å². The summed E-state index contributed by atoms with van der Waals surface area (Å²) in [5.74, 6) is 0.794. The number of amides is 1. The van der Waals surface area contributed by atoms with E-state index in [0.29, 0.717) is 12.1 Å². The number of benzene rings is 2. The van der Waals surface area contributed by atoms with Gasteiger partial charge in [-0.2, -0.15) is 0 Å². The standard InChI is InChI=1S/C23H30N2O2/c1-3-4-5-6-7-8-9-15-27-20-13-14-21-19(16-20)11-10-12-22(21)25-17-18(2)23(26)24-25/h10-14,16H,2-9,15,17H2,1H3,(H,24,26). The molecular weight excluding hydrogens is 336 g/mol. The van der Waals surface area contributed by atoms with Gasteiger partial charge in [0.2, 0.25) is 0 Å². The molecule has 144 valence electrons. The average Bonchev–Trinajstić information content (AvgIpc) is 3.01. The Balaban J connectivity index is 1.55. The summed E-state index contributed by atoms with van der Waals surface area (Å²) >= 11 is 0. The Morgan fingerprint density at radius 2 is 1.85 bits per heavy atom. The number of hydrazine groups is 1. The highest BCUT2D eigenvalue weighted by molar-refractivity contribution is 6.01. The van der Waals surface area contributed by atoms with Crippen LogP contribution in [-0.4, -0.2) is 19.1 Å². The van der Waals surface area contributed by atoms with Gasteiger partial charge in [0.15, 0.2) is 0 Å². The lowest BCUT2D eigenvalue weighted by Crippen LogP contribution is -2.33. The lowest BCUT2D eigenvalue weighted by Gasteiger charge is -2.19. The highest BCUT2D eigenvalue weighted by Crippen LogP contribution is 2.30. The highest BCUT2D eigenvalue weighted by atomic mass is 16.5. The summed E-state index contributed by atoms with van der Waals surface area (Å²) in [5.41, 5.74) is 4.43. The van der Waals surface area contributed by atoms with E-state index < -0.39 is 0 Å². The van der Waals surface area contributed by atoms with Crippen molar-refractivity contribution in [3.05, 3.63) is 48.6 Å². The number of fused-ring (bicyclic) bond motifs is 1. The zero-order valence-electron chi connectivity index (χ0n) is 16.3. The van der Waals surface area contributed by atoms with E-state index in [1.807, 2.05) is 23.2 Å². The van der Waals surface area contributed by atoms with Crippen molar-refractivity contribution in [2.45, 2.75) is 51.9 Å². The van der Waals surface area contributed by atoms with Crippen LogP contribution in [0.15, 0.2) is 48.6 Å². The lowest BCUT2D eigenvalue weighted by atomic mass is 10.1. The van der Waals surface area contributed by atoms with Crippen LogP contribution in [0.25, 0.3) is 10.8 Å². The first-order chi connectivity index (χ1) is 13.2. The van der Waals surface area contributed by atoms with Crippen molar-refractivity contribution < 1.29 is 9.53 Å². The Labute approximate surface area is 162 Å². The maximum Gasteiger partial charge on any atom is 0.267 e. The van der Waals surface area contributed by atoms with E-state index in [1.165, 1.54) is 38.5 Å². The van der Waals surface area contributed by atoms with Gasteiger partial charge < -0.3 is 4.74 Å². The number of carbonyl (C=O) groups excluding carboxylic acids is 1. The van der Waals surface area contributed by atoms with Gasteiger partial charge in [-0.3, -0.25) is 15.2 Å². The fourth-order valence-corrected chi connectivity index (χ4v) is 3.47. The first kappa shape index (κ1) is 19.3. The Bertz CT molecular complexity index is 784. The molecule has 1 N–H and O–H groups in total. The van der Waals surface area contributed by atoms with Crippen molar-refractivity contribution >= 4 is 22.4 Å². The highest BCUT2D eigenvalue weighted by Gasteiger charge is 2.23. The predicted octanol–water partition coefficient (Wildman–Crippen LogP) is 5.38. The maximum absolute atomic E-state index is 11.7. The molecule has 0 atom stereocenters. The number of hydrogen-bond donors (Lipinski definition) is 1. The van der Waals surface area contributed by atoms with Crippen molar-refractivity contribution in [3.8, 4) is 5.75 Å². The first-order valence-corrected chi connectivity index (χ1v) is 10.1. The molecule has 0 saturated carbocycles. The third kappa shape index (κ3) is 5.03. The number of carbonyl (C=O) groups is 1. The average molecular weight is 367 g/mol. The van der Waals surface area contributed by atoms with E-state index in [4.69, 9.17) is 4.74 Å². The van der Waals surface area contributed by atoms with Crippen molar-refractivity contribution in [2.24, 2.45) is 0 Å². The lowest BCUT2D eigenvalue weighted by molar-refractivity contribution is -0.116. The molecule has 1 heterocycles. The predicted molar refractivity (Wildman–Crippen MR) is 112 cm³/mol. The molecule has 0 aromatic heterocycles. The number of anilines is 1. The molecule has 1 aliphatic rings. The van der Waals surface area contributed by atoms with Crippen LogP contribution < -0.4 is 15.2 Å². The topological polar surface area (TPSA) is 41.6 Å². The number of nitrogens with one attached hydrogen (secondary N) is 1. The second kappa shape index (κ2) is 9.45. The Morgan fingerprint density at radius 1 is 1.07 bits per heavy atom. The van der Waals surface area contributed by atoms with Crippen LogP contribution in [0.4, 0.5) is 5.69 Å². The van der Waals surface area contributed by atoms with Gasteiger partial charge in [0, 0.05) is 11.0 Å². The van der Waals surface area contributed by atoms with Crippen LogP contribution in [-0.2, 0) is 4.79 Å². The molecular formula is C23H30N2O2. The summed E-state index contributed by atoms with van der Waals surface area (Å²) in [5, 5.41) is 4.05. The van der Waals surface area contributed by atoms with Gasteiger partial charge >= 0.3 is 0 Å². The molecule has 2 aromatic carbocycles. The molecule has 1 fully saturated rings. The summed E-state index contributed by atoms with van der Waals surface area (Å²) in [6, 6.07) is 12.3. The van der Waals surface area contributed by atoms with Gasteiger partial charge in [0.05, 0.1) is 18.8 Å². The monoisotopic (exact) mass is 366 g/mol. The zero-order valence-corrected chi connectivity index (χ0v) is 16.3. The molecule has 2 aromatic rings. The van der Waals surface area contributed by atoms with E-state index in [-0.39, 0.29) is 5.91 Å². The number of hydrogen-bond acceptors (Lipinski definition) is 3. The number of ether oxygens (including phenoxy) is 1. The SMILES string of the molecule is C=C1CN(c2cccc3cc(OCCCCCCCCC)ccc23)NC1=O. The van der Waals surface area contributed by atoms with Gasteiger partial charge in [-0.1, -0.05) is 64.2 Å². The zero-order chi connectivity index (χ0) is 19.1. The molecule has 3 rings (SSSR count). The van der Waals surface area contributed by atoms with Crippen molar-refractivity contribution in [1.82, 2.24) is 5.43 Å². The quantitative estimate of drug-likeness (QED) is 0.453. The summed E-state index contributed by atoms with van der Waals surface area (Å²) in [6.07, 6.45) is 8.99. The number of unbranched alkanes of at least 4 members (excludes halogenated alkanes) is 6. The number of nitrogens with zero attached hydrogens (tertiary/aromatic N) is 1. The summed E-state index contributed by atoms with van der Waals surface area (Å²) < 4.78 is 5.94. The van der Waals surface area contributed by atoms with Crippen LogP contribution in [0, 0.1) is 0 Å². The smallest absolute Gasteiger partial charge is 0.267 e. The first-order valence-electron chi connectivity index (χ1n) is 10.1. The van der Waals surface area contributed by atoms with Gasteiger partial charge in [-0.15, -0.1) is 0 Å². The molecule has 0 unspecified atom stereocenters. The minimum atomic E-state index is -0.110. The Kier molecular flexibility index (Phi) is 6.74. The van der Waals surface area contributed by atoms with Crippen LogP contribution in [0.5, 0.6) is 5.75 Å². The summed E-state index contributed by atoms with van der Waals surface area (Å²) in [6.45, 7) is 7.32. The molecule has 1 amide bonds. The van der Waals surface area contributed by atoms with Gasteiger partial charge in [-0.25, -0.2) is 0 Å². The second-order valence-corrected chi connectivity index (χ2v) is 7.26.